The van der Waals surface area contributed by atoms with E-state index in [0.29, 0.717) is 41.8 Å². The molecule has 2 N–H and O–H groups in total. The van der Waals surface area contributed by atoms with Crippen LogP contribution in [-0.2, 0) is 13.5 Å². The number of anilines is 1. The largest absolute Gasteiger partial charge is 0.370 e. The lowest BCUT2D eigenvalue weighted by atomic mass is 9.86. The highest BCUT2D eigenvalue weighted by Gasteiger charge is 2.35. The number of hydrogen-bond acceptors (Lipinski definition) is 5. The van der Waals surface area contributed by atoms with E-state index in [1.807, 2.05) is 31.2 Å². The molecule has 3 aromatic rings. The van der Waals surface area contributed by atoms with Crippen LogP contribution in [0.25, 0.3) is 10.9 Å². The summed E-state index contributed by atoms with van der Waals surface area (Å²) in [4.78, 5) is 33.1. The number of fused-ring (bicyclic) bond motifs is 1. The van der Waals surface area contributed by atoms with Crippen LogP contribution in [0.2, 0.25) is 0 Å². The molecule has 0 bridgehead atoms. The number of nitrogens with one attached hydrogen (secondary N) is 2. The number of aromatic amines is 1. The molecule has 1 saturated heterocycles. The fourth-order valence-electron chi connectivity index (χ4n) is 4.30. The van der Waals surface area contributed by atoms with Crippen LogP contribution in [0.5, 0.6) is 0 Å². The molecular weight excluding hydrogens is 429 g/mol. The number of alkyl halides is 1. The van der Waals surface area contributed by atoms with Gasteiger partial charge in [0, 0.05) is 39.0 Å². The van der Waals surface area contributed by atoms with Crippen molar-refractivity contribution in [2.24, 2.45) is 7.05 Å². The number of amides is 1. The standard InChI is InChI=1S/C23H26FN5O2S/c1-14-19(7-6-17(26-14)20(30)25-2)29-10-8-23(24,9-11-29)13-15-4-5-16-18(12-15)27-22(31)28(3)21(16)32/h4-7,12H,8-11,13H2,1-3H3,(H,25,30)(H,27,31). The monoisotopic (exact) mass is 455 g/mol. The molecule has 0 aliphatic carbocycles. The number of carbonyl (C=O) groups excluding carboxylic acids is 1. The Morgan fingerprint density at radius 1 is 1.28 bits per heavy atom. The maximum absolute atomic E-state index is 15.7. The Morgan fingerprint density at radius 2 is 2.00 bits per heavy atom. The van der Waals surface area contributed by atoms with E-state index < -0.39 is 5.67 Å². The molecule has 0 saturated carbocycles. The highest BCUT2D eigenvalue weighted by atomic mass is 32.1. The van der Waals surface area contributed by atoms with Crippen molar-refractivity contribution < 1.29 is 9.18 Å². The van der Waals surface area contributed by atoms with Crippen molar-refractivity contribution in [1.29, 1.82) is 0 Å². The first-order valence-corrected chi connectivity index (χ1v) is 11.0. The predicted octanol–water partition coefficient (Wildman–Crippen LogP) is 3.21. The number of hydrogen-bond donors (Lipinski definition) is 2. The van der Waals surface area contributed by atoms with Crippen molar-refractivity contribution in [1.82, 2.24) is 19.9 Å². The summed E-state index contributed by atoms with van der Waals surface area (Å²) in [5.41, 5.74) is 1.90. The lowest BCUT2D eigenvalue weighted by molar-refractivity contribution is 0.0958. The van der Waals surface area contributed by atoms with Crippen LogP contribution in [0, 0.1) is 11.6 Å². The Hall–Kier alpha value is -3.07. The molecule has 1 aliphatic rings. The van der Waals surface area contributed by atoms with Gasteiger partial charge in [0.15, 0.2) is 0 Å². The quantitative estimate of drug-likeness (QED) is 0.591. The average Bonchev–Trinajstić information content (AvgIpc) is 2.77. The summed E-state index contributed by atoms with van der Waals surface area (Å²) in [5.74, 6) is -0.227. The molecule has 1 amide bonds. The van der Waals surface area contributed by atoms with Gasteiger partial charge in [-0.2, -0.15) is 0 Å². The highest BCUT2D eigenvalue weighted by Crippen LogP contribution is 2.34. The lowest BCUT2D eigenvalue weighted by Crippen LogP contribution is -2.43. The van der Waals surface area contributed by atoms with Crippen LogP contribution in [0.1, 0.15) is 34.6 Å². The van der Waals surface area contributed by atoms with Gasteiger partial charge in [0.1, 0.15) is 16.0 Å². The number of carbonyl (C=O) groups is 1. The number of halogens is 1. The summed E-state index contributed by atoms with van der Waals surface area (Å²) in [7, 11) is 3.20. The van der Waals surface area contributed by atoms with Gasteiger partial charge in [0.05, 0.1) is 16.9 Å². The Kier molecular flexibility index (Phi) is 5.85. The predicted molar refractivity (Wildman–Crippen MR) is 126 cm³/mol. The van der Waals surface area contributed by atoms with E-state index in [-0.39, 0.29) is 18.0 Å². The van der Waals surface area contributed by atoms with Crippen molar-refractivity contribution >= 4 is 34.7 Å². The number of H-pyrrole nitrogens is 1. The SMILES string of the molecule is CNC(=O)c1ccc(N2CCC(F)(Cc3ccc4c(=S)n(C)c(=O)[nH]c4c3)CC2)c(C)n1. The van der Waals surface area contributed by atoms with Crippen LogP contribution in [0.3, 0.4) is 0 Å². The van der Waals surface area contributed by atoms with Gasteiger partial charge in [-0.3, -0.25) is 9.36 Å². The number of pyridine rings is 1. The lowest BCUT2D eigenvalue weighted by Gasteiger charge is -2.38. The van der Waals surface area contributed by atoms with E-state index in [4.69, 9.17) is 12.2 Å². The summed E-state index contributed by atoms with van der Waals surface area (Å²) in [6.45, 7) is 2.99. The first kappa shape index (κ1) is 22.1. The van der Waals surface area contributed by atoms with Gasteiger partial charge in [0.2, 0.25) is 0 Å². The number of nitrogens with zero attached hydrogens (tertiary/aromatic N) is 3. The summed E-state index contributed by atoms with van der Waals surface area (Å²) in [6.07, 6.45) is 1.04. The molecule has 7 nitrogen and oxygen atoms in total. The number of benzene rings is 1. The van der Waals surface area contributed by atoms with Crippen molar-refractivity contribution in [3.05, 3.63) is 62.4 Å². The molecule has 168 valence electrons. The van der Waals surface area contributed by atoms with Crippen LogP contribution < -0.4 is 15.9 Å². The topological polar surface area (TPSA) is 83.0 Å². The third kappa shape index (κ3) is 4.17. The summed E-state index contributed by atoms with van der Waals surface area (Å²) >= 11 is 5.34. The van der Waals surface area contributed by atoms with Gasteiger partial charge in [-0.25, -0.2) is 14.2 Å². The van der Waals surface area contributed by atoms with Crippen molar-refractivity contribution in [2.75, 3.05) is 25.0 Å². The molecule has 1 aliphatic heterocycles. The molecule has 4 rings (SSSR count). The molecule has 9 heteroatoms. The Labute approximate surface area is 190 Å². The molecule has 0 unspecified atom stereocenters. The summed E-state index contributed by atoms with van der Waals surface area (Å²) < 4.78 is 17.5. The van der Waals surface area contributed by atoms with E-state index in [0.717, 1.165) is 22.3 Å². The van der Waals surface area contributed by atoms with Crippen LogP contribution in [-0.4, -0.2) is 46.2 Å². The smallest absolute Gasteiger partial charge is 0.326 e. The molecule has 2 aromatic heterocycles. The summed E-state index contributed by atoms with van der Waals surface area (Å²) in [5, 5.41) is 3.34. The number of aryl methyl sites for hydroxylation is 1. The van der Waals surface area contributed by atoms with Gasteiger partial charge in [0.25, 0.3) is 5.91 Å². The van der Waals surface area contributed by atoms with Crippen molar-refractivity contribution in [2.45, 2.75) is 31.9 Å². The minimum Gasteiger partial charge on any atom is -0.370 e. The highest BCUT2D eigenvalue weighted by molar-refractivity contribution is 7.71. The van der Waals surface area contributed by atoms with Gasteiger partial charge in [-0.1, -0.05) is 18.3 Å². The van der Waals surface area contributed by atoms with Gasteiger partial charge >= 0.3 is 5.69 Å². The van der Waals surface area contributed by atoms with Crippen molar-refractivity contribution in [3.63, 3.8) is 0 Å². The summed E-state index contributed by atoms with van der Waals surface area (Å²) in [6, 6.07) is 9.14. The number of piperidine rings is 1. The second kappa shape index (κ2) is 8.46. The first-order chi connectivity index (χ1) is 15.2. The fourth-order valence-corrected chi connectivity index (χ4v) is 4.56. The van der Waals surface area contributed by atoms with E-state index in [2.05, 4.69) is 20.2 Å². The molecule has 0 radical (unpaired) electrons. The van der Waals surface area contributed by atoms with E-state index in [1.165, 1.54) is 4.57 Å². The van der Waals surface area contributed by atoms with E-state index in [9.17, 15) is 9.59 Å². The molecule has 3 heterocycles. The zero-order valence-electron chi connectivity index (χ0n) is 18.4. The second-order valence-electron chi connectivity index (χ2n) is 8.37. The van der Waals surface area contributed by atoms with Gasteiger partial charge < -0.3 is 15.2 Å². The Balaban J connectivity index is 1.49. The van der Waals surface area contributed by atoms with Crippen LogP contribution in [0.4, 0.5) is 10.1 Å². The Bertz CT molecular complexity index is 1310. The van der Waals surface area contributed by atoms with Crippen LogP contribution >= 0.6 is 12.2 Å². The second-order valence-corrected chi connectivity index (χ2v) is 8.76. The maximum atomic E-state index is 15.7. The van der Waals surface area contributed by atoms with E-state index in [1.54, 1.807) is 20.2 Å². The van der Waals surface area contributed by atoms with Gasteiger partial charge in [-0.05, 0) is 49.6 Å². The minimum atomic E-state index is -1.33. The molecule has 1 aromatic carbocycles. The molecule has 0 atom stereocenters. The normalized spacial score (nSPS) is 15.7. The molecule has 0 spiro atoms. The number of rotatable bonds is 4. The third-order valence-electron chi connectivity index (χ3n) is 6.20. The maximum Gasteiger partial charge on any atom is 0.326 e. The first-order valence-electron chi connectivity index (χ1n) is 10.6. The molecular formula is C23H26FN5O2S. The zero-order chi connectivity index (χ0) is 23.0. The third-order valence-corrected chi connectivity index (χ3v) is 6.70. The average molecular weight is 456 g/mol. The molecule has 32 heavy (non-hydrogen) atoms. The Morgan fingerprint density at radius 3 is 2.66 bits per heavy atom. The fraction of sp³-hybridized carbons (Fsp3) is 0.391. The van der Waals surface area contributed by atoms with Crippen LogP contribution in [0.15, 0.2) is 35.1 Å². The zero-order valence-corrected chi connectivity index (χ0v) is 19.2. The van der Waals surface area contributed by atoms with Crippen molar-refractivity contribution in [3.8, 4) is 0 Å². The number of aromatic nitrogens is 3. The minimum absolute atomic E-state index is 0.227. The molecule has 1 fully saturated rings. The van der Waals surface area contributed by atoms with Gasteiger partial charge in [-0.15, -0.1) is 0 Å². The van der Waals surface area contributed by atoms with E-state index >= 15 is 4.39 Å².